The lowest BCUT2D eigenvalue weighted by molar-refractivity contribution is -0.124. The van der Waals surface area contributed by atoms with Gasteiger partial charge in [0.05, 0.1) is 0 Å². The van der Waals surface area contributed by atoms with Crippen molar-refractivity contribution < 1.29 is 9.53 Å². The second kappa shape index (κ2) is 6.14. The van der Waals surface area contributed by atoms with E-state index in [1.165, 1.54) is 12.8 Å². The maximum atomic E-state index is 11.9. The summed E-state index contributed by atoms with van der Waals surface area (Å²) in [5, 5.41) is 6.66. The molecule has 4 nitrogen and oxygen atoms in total. The minimum absolute atomic E-state index is 0.0312. The Balaban J connectivity index is 1.45. The summed E-state index contributed by atoms with van der Waals surface area (Å²) in [4.78, 5) is 11.9. The zero-order valence-electron chi connectivity index (χ0n) is 11.3. The SMILES string of the molecule is O=C(COc1cccc(Br)c1)NC1CC2CCC(C1)N2. The van der Waals surface area contributed by atoms with Gasteiger partial charge in [0.1, 0.15) is 5.75 Å². The number of rotatable bonds is 4. The van der Waals surface area contributed by atoms with Gasteiger partial charge in [0.15, 0.2) is 6.61 Å². The van der Waals surface area contributed by atoms with Gasteiger partial charge in [0.25, 0.3) is 5.91 Å². The van der Waals surface area contributed by atoms with Crippen molar-refractivity contribution in [3.05, 3.63) is 28.7 Å². The highest BCUT2D eigenvalue weighted by molar-refractivity contribution is 9.10. The molecule has 0 radical (unpaired) electrons. The predicted octanol–water partition coefficient (Wildman–Crippen LogP) is 2.23. The second-order valence-electron chi connectivity index (χ2n) is 5.62. The topological polar surface area (TPSA) is 50.4 Å². The molecular weight excluding hydrogens is 320 g/mol. The Morgan fingerprint density at radius 2 is 2.10 bits per heavy atom. The molecule has 108 valence electrons. The van der Waals surface area contributed by atoms with Gasteiger partial charge in [-0.15, -0.1) is 0 Å². The van der Waals surface area contributed by atoms with Crippen LogP contribution in [0.5, 0.6) is 5.75 Å². The number of fused-ring (bicyclic) bond motifs is 2. The van der Waals surface area contributed by atoms with E-state index in [1.807, 2.05) is 24.3 Å². The first-order chi connectivity index (χ1) is 9.69. The second-order valence-corrected chi connectivity index (χ2v) is 6.54. The Kier molecular flexibility index (Phi) is 4.27. The Morgan fingerprint density at radius 1 is 1.35 bits per heavy atom. The molecule has 2 fully saturated rings. The van der Waals surface area contributed by atoms with Gasteiger partial charge in [-0.3, -0.25) is 4.79 Å². The fraction of sp³-hybridized carbons (Fsp3) is 0.533. The highest BCUT2D eigenvalue weighted by Crippen LogP contribution is 2.26. The van der Waals surface area contributed by atoms with Crippen LogP contribution in [0.4, 0.5) is 0 Å². The van der Waals surface area contributed by atoms with Gasteiger partial charge in [-0.05, 0) is 43.9 Å². The number of hydrogen-bond donors (Lipinski definition) is 2. The van der Waals surface area contributed by atoms with Crippen molar-refractivity contribution in [1.29, 1.82) is 0 Å². The number of nitrogens with one attached hydrogen (secondary N) is 2. The lowest BCUT2D eigenvalue weighted by atomic mass is 10.00. The number of halogens is 1. The number of piperidine rings is 1. The first-order valence-corrected chi connectivity index (χ1v) is 7.92. The van der Waals surface area contributed by atoms with Crippen molar-refractivity contribution in [3.63, 3.8) is 0 Å². The monoisotopic (exact) mass is 338 g/mol. The fourth-order valence-electron chi connectivity index (χ4n) is 3.15. The molecule has 0 aliphatic carbocycles. The normalized spacial score (nSPS) is 28.1. The molecule has 2 unspecified atom stereocenters. The minimum atomic E-state index is -0.0312. The molecule has 5 heteroatoms. The highest BCUT2D eigenvalue weighted by atomic mass is 79.9. The Labute approximate surface area is 127 Å². The zero-order chi connectivity index (χ0) is 13.9. The van der Waals surface area contributed by atoms with Crippen LogP contribution in [-0.2, 0) is 4.79 Å². The van der Waals surface area contributed by atoms with E-state index in [2.05, 4.69) is 26.6 Å². The molecule has 2 N–H and O–H groups in total. The Bertz CT molecular complexity index is 483. The van der Waals surface area contributed by atoms with E-state index in [0.717, 1.165) is 17.3 Å². The molecule has 0 spiro atoms. The molecule has 2 heterocycles. The van der Waals surface area contributed by atoms with E-state index in [4.69, 9.17) is 4.74 Å². The first kappa shape index (κ1) is 13.9. The van der Waals surface area contributed by atoms with Crippen molar-refractivity contribution in [2.45, 2.75) is 43.8 Å². The van der Waals surface area contributed by atoms with Crippen molar-refractivity contribution in [1.82, 2.24) is 10.6 Å². The molecule has 1 aromatic rings. The van der Waals surface area contributed by atoms with Crippen molar-refractivity contribution in [2.75, 3.05) is 6.61 Å². The van der Waals surface area contributed by atoms with Crippen LogP contribution < -0.4 is 15.4 Å². The number of ether oxygens (including phenoxy) is 1. The van der Waals surface area contributed by atoms with Crippen molar-refractivity contribution >= 4 is 21.8 Å². The number of carbonyl (C=O) groups is 1. The Morgan fingerprint density at radius 3 is 2.80 bits per heavy atom. The standard InChI is InChI=1S/C15H19BrN2O2/c16-10-2-1-3-14(6-10)20-9-15(19)18-13-7-11-4-5-12(8-13)17-11/h1-3,6,11-13,17H,4-5,7-9H2,(H,18,19). The van der Waals surface area contributed by atoms with Crippen molar-refractivity contribution in [2.24, 2.45) is 0 Å². The van der Waals surface area contributed by atoms with Crippen LogP contribution in [0.25, 0.3) is 0 Å². The van der Waals surface area contributed by atoms with Crippen molar-refractivity contribution in [3.8, 4) is 5.75 Å². The molecule has 1 aromatic carbocycles. The number of amides is 1. The summed E-state index contributed by atoms with van der Waals surface area (Å²) in [6, 6.07) is 9.00. The van der Waals surface area contributed by atoms with Gasteiger partial charge in [-0.25, -0.2) is 0 Å². The molecule has 0 saturated carbocycles. The van der Waals surface area contributed by atoms with Gasteiger partial charge in [0, 0.05) is 22.6 Å². The van der Waals surface area contributed by atoms with Crippen LogP contribution >= 0.6 is 15.9 Å². The average Bonchev–Trinajstić information content (AvgIpc) is 2.76. The summed E-state index contributed by atoms with van der Waals surface area (Å²) in [5.74, 6) is 0.677. The van der Waals surface area contributed by atoms with Gasteiger partial charge in [-0.2, -0.15) is 0 Å². The van der Waals surface area contributed by atoms with Crippen LogP contribution in [0.1, 0.15) is 25.7 Å². The lowest BCUT2D eigenvalue weighted by Gasteiger charge is -2.29. The smallest absolute Gasteiger partial charge is 0.258 e. The summed E-state index contributed by atoms with van der Waals surface area (Å²) < 4.78 is 6.45. The molecular formula is C15H19BrN2O2. The summed E-state index contributed by atoms with van der Waals surface area (Å²) in [7, 11) is 0. The third-order valence-corrected chi connectivity index (χ3v) is 4.50. The Hall–Kier alpha value is -1.07. The van der Waals surface area contributed by atoms with Crippen LogP contribution in [-0.4, -0.2) is 30.6 Å². The van der Waals surface area contributed by atoms with Gasteiger partial charge in [-0.1, -0.05) is 22.0 Å². The maximum Gasteiger partial charge on any atom is 0.258 e. The number of carbonyl (C=O) groups excluding carboxylic acids is 1. The van der Waals surface area contributed by atoms with Crippen LogP contribution in [0, 0.1) is 0 Å². The summed E-state index contributed by atoms with van der Waals surface area (Å²) in [6.45, 7) is 0.0791. The summed E-state index contributed by atoms with van der Waals surface area (Å²) in [5.41, 5.74) is 0. The van der Waals surface area contributed by atoms with E-state index in [1.54, 1.807) is 0 Å². The lowest BCUT2D eigenvalue weighted by Crippen LogP contribution is -2.48. The van der Waals surface area contributed by atoms with E-state index in [-0.39, 0.29) is 12.5 Å². The van der Waals surface area contributed by atoms with Gasteiger partial charge in [0.2, 0.25) is 0 Å². The minimum Gasteiger partial charge on any atom is -0.484 e. The number of benzene rings is 1. The van der Waals surface area contributed by atoms with Crippen LogP contribution in [0.3, 0.4) is 0 Å². The molecule has 0 aromatic heterocycles. The van der Waals surface area contributed by atoms with Gasteiger partial charge >= 0.3 is 0 Å². The third kappa shape index (κ3) is 3.52. The fourth-order valence-corrected chi connectivity index (χ4v) is 3.53. The quantitative estimate of drug-likeness (QED) is 0.885. The molecule has 1 amide bonds. The molecule has 2 saturated heterocycles. The molecule has 3 rings (SSSR count). The van der Waals surface area contributed by atoms with E-state index < -0.39 is 0 Å². The summed E-state index contributed by atoms with van der Waals surface area (Å²) >= 11 is 3.38. The summed E-state index contributed by atoms with van der Waals surface area (Å²) in [6.07, 6.45) is 4.56. The van der Waals surface area contributed by atoms with E-state index >= 15 is 0 Å². The predicted molar refractivity (Wildman–Crippen MR) is 80.7 cm³/mol. The number of hydrogen-bond acceptors (Lipinski definition) is 3. The average molecular weight is 339 g/mol. The molecule has 2 aliphatic rings. The first-order valence-electron chi connectivity index (χ1n) is 7.13. The molecule has 20 heavy (non-hydrogen) atoms. The van der Waals surface area contributed by atoms with E-state index in [0.29, 0.717) is 23.9 Å². The highest BCUT2D eigenvalue weighted by Gasteiger charge is 2.33. The molecule has 2 atom stereocenters. The zero-order valence-corrected chi connectivity index (χ0v) is 12.9. The third-order valence-electron chi connectivity index (χ3n) is 4.00. The van der Waals surface area contributed by atoms with Crippen LogP contribution in [0.15, 0.2) is 28.7 Å². The van der Waals surface area contributed by atoms with Crippen LogP contribution in [0.2, 0.25) is 0 Å². The van der Waals surface area contributed by atoms with Gasteiger partial charge < -0.3 is 15.4 Å². The largest absolute Gasteiger partial charge is 0.484 e. The van der Waals surface area contributed by atoms with E-state index in [9.17, 15) is 4.79 Å². The maximum absolute atomic E-state index is 11.9. The molecule has 2 aliphatic heterocycles. The molecule has 2 bridgehead atoms.